The third kappa shape index (κ3) is 2.38. The maximum Gasteiger partial charge on any atom is 0.201 e. The highest BCUT2D eigenvalue weighted by atomic mass is 32.1. The molecule has 0 spiro atoms. The molecule has 1 aromatic heterocycles. The van der Waals surface area contributed by atoms with E-state index in [2.05, 4.69) is 4.98 Å². The van der Waals surface area contributed by atoms with E-state index in [0.29, 0.717) is 5.92 Å². The van der Waals surface area contributed by atoms with Crippen LogP contribution in [-0.2, 0) is 9.47 Å². The van der Waals surface area contributed by atoms with Crippen LogP contribution in [0, 0.1) is 0 Å². The van der Waals surface area contributed by atoms with Crippen molar-refractivity contribution < 1.29 is 9.47 Å². The van der Waals surface area contributed by atoms with Gasteiger partial charge in [0, 0.05) is 25.5 Å². The molecule has 0 aliphatic heterocycles. The fourth-order valence-electron chi connectivity index (χ4n) is 2.11. The van der Waals surface area contributed by atoms with Crippen molar-refractivity contribution in [3.8, 4) is 0 Å². The SMILES string of the molecule is COC(OC)c1csc(C2CCCC2)n1. The van der Waals surface area contributed by atoms with Crippen molar-refractivity contribution in [1.82, 2.24) is 4.98 Å². The lowest BCUT2D eigenvalue weighted by Gasteiger charge is -2.10. The molecule has 1 aliphatic rings. The van der Waals surface area contributed by atoms with Gasteiger partial charge in [-0.1, -0.05) is 12.8 Å². The molecule has 0 bridgehead atoms. The van der Waals surface area contributed by atoms with Gasteiger partial charge in [0.2, 0.25) is 6.29 Å². The number of rotatable bonds is 4. The summed E-state index contributed by atoms with van der Waals surface area (Å²) in [5.74, 6) is 0.679. The second kappa shape index (κ2) is 5.05. The van der Waals surface area contributed by atoms with Crippen LogP contribution >= 0.6 is 11.3 Å². The average Bonchev–Trinajstić information content (AvgIpc) is 2.89. The number of ether oxygens (including phenoxy) is 2. The van der Waals surface area contributed by atoms with Crippen molar-refractivity contribution in [1.29, 1.82) is 0 Å². The largest absolute Gasteiger partial charge is 0.350 e. The summed E-state index contributed by atoms with van der Waals surface area (Å²) in [6.07, 6.45) is 4.96. The Labute approximate surface area is 94.4 Å². The Morgan fingerprint density at radius 2 is 2.00 bits per heavy atom. The lowest BCUT2D eigenvalue weighted by atomic mass is 10.1. The molecule has 84 valence electrons. The maximum atomic E-state index is 5.18. The van der Waals surface area contributed by atoms with Gasteiger partial charge in [0.1, 0.15) is 5.69 Å². The van der Waals surface area contributed by atoms with Gasteiger partial charge in [-0.3, -0.25) is 0 Å². The Morgan fingerprint density at radius 3 is 2.60 bits per heavy atom. The Morgan fingerprint density at radius 1 is 1.33 bits per heavy atom. The number of nitrogens with zero attached hydrogens (tertiary/aromatic N) is 1. The zero-order chi connectivity index (χ0) is 10.7. The average molecular weight is 227 g/mol. The summed E-state index contributed by atoms with van der Waals surface area (Å²) in [5.41, 5.74) is 0.909. The summed E-state index contributed by atoms with van der Waals surface area (Å²) in [6, 6.07) is 0. The molecule has 0 radical (unpaired) electrons. The first-order valence-electron chi connectivity index (χ1n) is 5.36. The topological polar surface area (TPSA) is 31.4 Å². The van der Waals surface area contributed by atoms with Crippen LogP contribution in [0.1, 0.15) is 48.6 Å². The summed E-state index contributed by atoms with van der Waals surface area (Å²) < 4.78 is 10.4. The second-order valence-electron chi connectivity index (χ2n) is 3.90. The molecular formula is C11H17NO2S. The summed E-state index contributed by atoms with van der Waals surface area (Å²) in [7, 11) is 3.28. The van der Waals surface area contributed by atoms with Gasteiger partial charge in [-0.25, -0.2) is 4.98 Å². The smallest absolute Gasteiger partial charge is 0.201 e. The molecule has 0 aromatic carbocycles. The standard InChI is InChI=1S/C11H17NO2S/c1-13-11(14-2)9-7-15-10(12-9)8-5-3-4-6-8/h7-8,11H,3-6H2,1-2H3. The monoisotopic (exact) mass is 227 g/mol. The first-order chi connectivity index (χ1) is 7.35. The molecule has 1 saturated carbocycles. The fraction of sp³-hybridized carbons (Fsp3) is 0.727. The van der Waals surface area contributed by atoms with E-state index in [0.717, 1.165) is 5.69 Å². The predicted molar refractivity (Wildman–Crippen MR) is 60.1 cm³/mol. The van der Waals surface area contributed by atoms with Crippen molar-refractivity contribution in [3.63, 3.8) is 0 Å². The third-order valence-corrected chi connectivity index (χ3v) is 3.94. The van der Waals surface area contributed by atoms with Crippen molar-refractivity contribution in [2.75, 3.05) is 14.2 Å². The van der Waals surface area contributed by atoms with E-state index in [1.807, 2.05) is 5.38 Å². The molecule has 15 heavy (non-hydrogen) atoms. The summed E-state index contributed by atoms with van der Waals surface area (Å²) in [6.45, 7) is 0. The second-order valence-corrected chi connectivity index (χ2v) is 4.79. The molecule has 1 heterocycles. The number of hydrogen-bond acceptors (Lipinski definition) is 4. The van der Waals surface area contributed by atoms with Gasteiger partial charge in [0.15, 0.2) is 0 Å². The third-order valence-electron chi connectivity index (χ3n) is 2.91. The van der Waals surface area contributed by atoms with Crippen molar-refractivity contribution in [3.05, 3.63) is 16.1 Å². The molecule has 0 unspecified atom stereocenters. The molecule has 0 N–H and O–H groups in total. The molecule has 0 atom stereocenters. The van der Waals surface area contributed by atoms with Crippen molar-refractivity contribution in [2.45, 2.75) is 37.9 Å². The lowest BCUT2D eigenvalue weighted by Crippen LogP contribution is -2.04. The molecule has 4 heteroatoms. The summed E-state index contributed by atoms with van der Waals surface area (Å²) in [4.78, 5) is 4.60. The van der Waals surface area contributed by atoms with E-state index in [1.165, 1.54) is 30.7 Å². The quantitative estimate of drug-likeness (QED) is 0.741. The Hall–Kier alpha value is -0.450. The highest BCUT2D eigenvalue weighted by molar-refractivity contribution is 7.09. The molecule has 1 aliphatic carbocycles. The zero-order valence-corrected chi connectivity index (χ0v) is 10.0. The molecule has 3 nitrogen and oxygen atoms in total. The van der Waals surface area contributed by atoms with Crippen LogP contribution in [0.4, 0.5) is 0 Å². The van der Waals surface area contributed by atoms with Gasteiger partial charge in [-0.15, -0.1) is 11.3 Å². The van der Waals surface area contributed by atoms with Gasteiger partial charge in [-0.2, -0.15) is 0 Å². The highest BCUT2D eigenvalue weighted by Crippen LogP contribution is 2.36. The van der Waals surface area contributed by atoms with Crippen LogP contribution in [0.5, 0.6) is 0 Å². The number of hydrogen-bond donors (Lipinski definition) is 0. The number of thiazole rings is 1. The first kappa shape index (κ1) is 11.0. The Kier molecular flexibility index (Phi) is 3.72. The minimum Gasteiger partial charge on any atom is -0.350 e. The van der Waals surface area contributed by atoms with E-state index >= 15 is 0 Å². The summed E-state index contributed by atoms with van der Waals surface area (Å²) in [5, 5.41) is 3.30. The summed E-state index contributed by atoms with van der Waals surface area (Å²) >= 11 is 1.73. The maximum absolute atomic E-state index is 5.18. The lowest BCUT2D eigenvalue weighted by molar-refractivity contribution is -0.108. The van der Waals surface area contributed by atoms with Crippen molar-refractivity contribution >= 4 is 11.3 Å². The Bertz CT molecular complexity index is 287. The van der Waals surface area contributed by atoms with Gasteiger partial charge in [-0.05, 0) is 12.8 Å². The van der Waals surface area contributed by atoms with Crippen LogP contribution < -0.4 is 0 Å². The van der Waals surface area contributed by atoms with Gasteiger partial charge < -0.3 is 9.47 Å². The minimum absolute atomic E-state index is 0.309. The molecular weight excluding hydrogens is 210 g/mol. The number of aromatic nitrogens is 1. The Balaban J connectivity index is 2.08. The van der Waals surface area contributed by atoms with E-state index in [9.17, 15) is 0 Å². The van der Waals surface area contributed by atoms with Gasteiger partial charge in [0.25, 0.3) is 0 Å². The number of methoxy groups -OCH3 is 2. The van der Waals surface area contributed by atoms with Crippen molar-refractivity contribution in [2.24, 2.45) is 0 Å². The zero-order valence-electron chi connectivity index (χ0n) is 9.23. The highest BCUT2D eigenvalue weighted by Gasteiger charge is 2.22. The normalized spacial score (nSPS) is 17.8. The van der Waals surface area contributed by atoms with E-state index in [1.54, 1.807) is 25.6 Å². The van der Waals surface area contributed by atoms with E-state index in [4.69, 9.17) is 9.47 Å². The van der Waals surface area contributed by atoms with Gasteiger partial charge >= 0.3 is 0 Å². The molecule has 1 fully saturated rings. The van der Waals surface area contributed by atoms with Gasteiger partial charge in [0.05, 0.1) is 5.01 Å². The minimum atomic E-state index is -0.309. The van der Waals surface area contributed by atoms with E-state index < -0.39 is 0 Å². The molecule has 1 aromatic rings. The van der Waals surface area contributed by atoms with Crippen LogP contribution in [0.3, 0.4) is 0 Å². The van der Waals surface area contributed by atoms with Crippen LogP contribution in [0.2, 0.25) is 0 Å². The fourth-order valence-corrected chi connectivity index (χ4v) is 3.10. The van der Waals surface area contributed by atoms with Crippen LogP contribution in [-0.4, -0.2) is 19.2 Å². The molecule has 2 rings (SSSR count). The predicted octanol–water partition coefficient (Wildman–Crippen LogP) is 3.09. The van der Waals surface area contributed by atoms with Crippen LogP contribution in [0.25, 0.3) is 0 Å². The first-order valence-corrected chi connectivity index (χ1v) is 6.24. The van der Waals surface area contributed by atoms with Crippen LogP contribution in [0.15, 0.2) is 5.38 Å². The van der Waals surface area contributed by atoms with E-state index in [-0.39, 0.29) is 6.29 Å². The molecule has 0 saturated heterocycles. The molecule has 0 amide bonds.